The molecule has 8 aliphatic heterocycles. The molecule has 1 aromatic heterocycles. The van der Waals surface area contributed by atoms with Crippen LogP contribution in [0.5, 0.6) is 28.7 Å². The van der Waals surface area contributed by atoms with Crippen molar-refractivity contribution in [3.63, 3.8) is 0 Å². The van der Waals surface area contributed by atoms with Gasteiger partial charge in [0.1, 0.15) is 17.9 Å². The van der Waals surface area contributed by atoms with E-state index in [1.165, 1.54) is 6.92 Å². The highest BCUT2D eigenvalue weighted by Crippen LogP contribution is 2.71. The Labute approximate surface area is 338 Å². The first kappa shape index (κ1) is 36.1. The molecule has 8 atom stereocenters. The summed E-state index contributed by atoms with van der Waals surface area (Å²) in [5.41, 5.74) is 10.6. The summed E-state index contributed by atoms with van der Waals surface area (Å²) in [6.45, 7) is 7.81. The summed E-state index contributed by atoms with van der Waals surface area (Å²) in [5.74, 6) is 1.03. The van der Waals surface area contributed by atoms with Gasteiger partial charge in [0.15, 0.2) is 28.5 Å². The summed E-state index contributed by atoms with van der Waals surface area (Å²) in [6, 6.07) is 11.0. The fourth-order valence-electron chi connectivity index (χ4n) is 12.0. The molecular formula is C43H44N6O8S. The van der Waals surface area contributed by atoms with Gasteiger partial charge < -0.3 is 39.5 Å². The van der Waals surface area contributed by atoms with Gasteiger partial charge in [-0.2, -0.15) is 5.26 Å². The fraction of sp³-hybridized carbons (Fsp3) is 0.465. The van der Waals surface area contributed by atoms with Gasteiger partial charge in [0, 0.05) is 83.0 Å². The number of nitrogens with zero attached hydrogens (tertiary/aromatic N) is 3. The van der Waals surface area contributed by atoms with Gasteiger partial charge in [-0.1, -0.05) is 18.2 Å². The zero-order valence-electron chi connectivity index (χ0n) is 32.9. The maximum absolute atomic E-state index is 15.1. The van der Waals surface area contributed by atoms with Crippen LogP contribution in [0.25, 0.3) is 10.9 Å². The number of carbonyl (C=O) groups excluding carboxylic acids is 2. The van der Waals surface area contributed by atoms with E-state index in [1.54, 1.807) is 18.9 Å². The molecule has 1 unspecified atom stereocenters. The molecule has 4 aromatic rings. The number of rotatable bonds is 3. The lowest BCUT2D eigenvalue weighted by Gasteiger charge is -2.58. The number of phenolic OH excluding ortho intramolecular Hbond substituents is 1. The standard InChI is InChI=1S/C43H44N6O8S/c1-19-10-25-28(33(51)34(19)53-5)31-32-38-30-29(37-36(55-18-56-37)20(2)35(30)57-21(3)50)27(49(32)42(15-45)14-41(25,4)48(31)16-42)13-54-40(52)43(17-58-38)39-24(11-22(12-44)47-43)23-8-6-7-9-26(23)46-39/h6-10,22,27,31-32,38,46-47,51H,11-14,16-18,44H2,1-5H3/t22-,27-,31+,32+,38+,41+,42?,43+/m0/s1. The van der Waals surface area contributed by atoms with Gasteiger partial charge in [0.25, 0.3) is 0 Å². The van der Waals surface area contributed by atoms with Crippen LogP contribution in [0.3, 0.4) is 0 Å². The predicted molar refractivity (Wildman–Crippen MR) is 212 cm³/mol. The number of phenols is 1. The number of aromatic amines is 1. The van der Waals surface area contributed by atoms with Gasteiger partial charge in [-0.25, -0.2) is 4.79 Å². The number of fused-ring (bicyclic) bond motifs is 11. The lowest BCUT2D eigenvalue weighted by Crippen LogP contribution is -2.67. The molecule has 0 aliphatic carbocycles. The van der Waals surface area contributed by atoms with Gasteiger partial charge in [0.2, 0.25) is 6.79 Å². The van der Waals surface area contributed by atoms with Crippen LogP contribution in [0.2, 0.25) is 0 Å². The van der Waals surface area contributed by atoms with Gasteiger partial charge >= 0.3 is 11.9 Å². The number of nitrogens with two attached hydrogens (primary N) is 1. The Morgan fingerprint density at radius 1 is 1.16 bits per heavy atom. The topological polar surface area (TPSA) is 185 Å². The number of piperazine rings is 1. The molecule has 12 rings (SSSR count). The minimum atomic E-state index is -1.35. The average molecular weight is 805 g/mol. The number of thioether (sulfide) groups is 1. The monoisotopic (exact) mass is 804 g/mol. The van der Waals surface area contributed by atoms with Gasteiger partial charge in [0.05, 0.1) is 36.2 Å². The van der Waals surface area contributed by atoms with Crippen molar-refractivity contribution in [2.45, 2.75) is 86.6 Å². The SMILES string of the molecule is COc1c(C)cc2c(c1O)[C@@H]1[C@@H]3[C@@H]4SC[C@]5(N[C@H](CN)Cc6c5[nH]c5ccccc65)C(=O)OC[C@@H](c5c6c(c(C)c(OC(C)=O)c54)OCO6)N3C3(C#N)CN1[C@]2(C)C3. The number of H-pyrrole nitrogens is 1. The molecule has 58 heavy (non-hydrogen) atoms. The van der Waals surface area contributed by atoms with Crippen LogP contribution < -0.4 is 30.0 Å². The molecule has 5 N–H and O–H groups in total. The molecule has 3 saturated heterocycles. The minimum absolute atomic E-state index is 0.0468. The number of ether oxygens (including phenoxy) is 5. The second-order valence-corrected chi connectivity index (χ2v) is 18.2. The zero-order chi connectivity index (χ0) is 40.2. The van der Waals surface area contributed by atoms with Crippen LogP contribution in [0, 0.1) is 25.2 Å². The minimum Gasteiger partial charge on any atom is -0.504 e. The highest BCUT2D eigenvalue weighted by molar-refractivity contribution is 7.99. The number of aromatic nitrogens is 1. The lowest BCUT2D eigenvalue weighted by molar-refractivity contribution is -0.157. The molecule has 15 heteroatoms. The average Bonchev–Trinajstić information content (AvgIpc) is 3.96. The molecule has 0 radical (unpaired) electrons. The first-order valence-corrected chi connectivity index (χ1v) is 20.8. The van der Waals surface area contributed by atoms with Gasteiger partial charge in [-0.3, -0.25) is 19.9 Å². The third-order valence-electron chi connectivity index (χ3n) is 14.2. The lowest BCUT2D eigenvalue weighted by atomic mass is 9.72. The molecule has 300 valence electrons. The van der Waals surface area contributed by atoms with Crippen molar-refractivity contribution < 1.29 is 38.4 Å². The molecule has 14 nitrogen and oxygen atoms in total. The number of esters is 2. The molecule has 0 saturated carbocycles. The first-order valence-electron chi connectivity index (χ1n) is 19.8. The molecule has 1 spiro atoms. The summed E-state index contributed by atoms with van der Waals surface area (Å²) in [7, 11) is 1.56. The fourth-order valence-corrected chi connectivity index (χ4v) is 13.7. The van der Waals surface area contributed by atoms with E-state index in [4.69, 9.17) is 29.4 Å². The number of para-hydroxylation sites is 1. The Morgan fingerprint density at radius 2 is 1.95 bits per heavy atom. The zero-order valence-corrected chi connectivity index (χ0v) is 33.7. The molecule has 4 bridgehead atoms. The number of hydrogen-bond acceptors (Lipinski definition) is 14. The van der Waals surface area contributed by atoms with Crippen LogP contribution in [-0.2, 0) is 31.8 Å². The van der Waals surface area contributed by atoms with Crippen molar-refractivity contribution in [1.82, 2.24) is 20.1 Å². The van der Waals surface area contributed by atoms with Crippen molar-refractivity contribution in [3.8, 4) is 34.8 Å². The number of benzene rings is 3. The molecule has 9 heterocycles. The van der Waals surface area contributed by atoms with Crippen LogP contribution >= 0.6 is 11.8 Å². The smallest absolute Gasteiger partial charge is 0.333 e. The number of methoxy groups -OCH3 is 1. The van der Waals surface area contributed by atoms with Crippen LogP contribution in [0.15, 0.2) is 30.3 Å². The predicted octanol–water partition coefficient (Wildman–Crippen LogP) is 4.53. The molecule has 0 amide bonds. The highest BCUT2D eigenvalue weighted by atomic mass is 32.2. The Morgan fingerprint density at radius 3 is 2.71 bits per heavy atom. The summed E-state index contributed by atoms with van der Waals surface area (Å²) in [6.07, 6.45) is 1.06. The Balaban J connectivity index is 1.20. The van der Waals surface area contributed by atoms with E-state index in [0.717, 1.165) is 44.4 Å². The van der Waals surface area contributed by atoms with E-state index in [2.05, 4.69) is 45.2 Å². The number of nitrogens with one attached hydrogen (secondary N) is 2. The normalized spacial score (nSPS) is 32.6. The number of hydrogen-bond donors (Lipinski definition) is 4. The van der Waals surface area contributed by atoms with E-state index in [-0.39, 0.29) is 30.9 Å². The van der Waals surface area contributed by atoms with Gasteiger partial charge in [-0.15, -0.1) is 11.8 Å². The third kappa shape index (κ3) is 4.31. The van der Waals surface area contributed by atoms with Crippen molar-refractivity contribution >= 4 is 34.6 Å². The maximum Gasteiger partial charge on any atom is 0.333 e. The number of carbonyl (C=O) groups is 2. The maximum atomic E-state index is 15.1. The van der Waals surface area contributed by atoms with Crippen molar-refractivity contribution in [2.24, 2.45) is 5.73 Å². The number of nitriles is 1. The van der Waals surface area contributed by atoms with E-state index in [1.807, 2.05) is 32.0 Å². The van der Waals surface area contributed by atoms with E-state index in [0.29, 0.717) is 60.1 Å². The Bertz CT molecular complexity index is 2570. The van der Waals surface area contributed by atoms with E-state index in [9.17, 15) is 15.2 Å². The summed E-state index contributed by atoms with van der Waals surface area (Å²) < 4.78 is 31.1. The van der Waals surface area contributed by atoms with Crippen molar-refractivity contribution in [1.29, 1.82) is 5.26 Å². The quantitative estimate of drug-likeness (QED) is 0.167. The van der Waals surface area contributed by atoms with Crippen LogP contribution in [-0.4, -0.2) is 88.8 Å². The van der Waals surface area contributed by atoms with Gasteiger partial charge in [-0.05, 0) is 56.0 Å². The Hall–Kier alpha value is -4.98. The molecule has 3 aromatic carbocycles. The first-order chi connectivity index (χ1) is 27.9. The number of aryl methyl sites for hydroxylation is 1. The number of aromatic hydroxyl groups is 1. The third-order valence-corrected chi connectivity index (χ3v) is 15.6. The van der Waals surface area contributed by atoms with E-state index < -0.39 is 51.9 Å². The van der Waals surface area contributed by atoms with E-state index >= 15 is 4.79 Å². The second-order valence-electron chi connectivity index (χ2n) is 17.1. The van der Waals surface area contributed by atoms with Crippen LogP contribution in [0.4, 0.5) is 0 Å². The van der Waals surface area contributed by atoms with Crippen molar-refractivity contribution in [3.05, 3.63) is 75.0 Å². The molecule has 3 fully saturated rings. The Kier molecular flexibility index (Phi) is 7.50. The van der Waals surface area contributed by atoms with Crippen LogP contribution in [0.1, 0.15) is 82.2 Å². The highest BCUT2D eigenvalue weighted by Gasteiger charge is 2.72. The summed E-state index contributed by atoms with van der Waals surface area (Å²) >= 11 is 1.55. The van der Waals surface area contributed by atoms with Crippen molar-refractivity contribution in [2.75, 3.05) is 39.4 Å². The summed E-state index contributed by atoms with van der Waals surface area (Å²) in [5, 5.41) is 27.9. The molecule has 8 aliphatic rings. The largest absolute Gasteiger partial charge is 0.504 e. The molecular weight excluding hydrogens is 761 g/mol. The summed E-state index contributed by atoms with van der Waals surface area (Å²) in [4.78, 5) is 36.5. The second kappa shape index (κ2) is 12.0.